The summed E-state index contributed by atoms with van der Waals surface area (Å²) >= 11 is 0. The molecular weight excluding hydrogens is 1590 g/mol. The summed E-state index contributed by atoms with van der Waals surface area (Å²) in [5.74, 6) is 1.14. The van der Waals surface area contributed by atoms with Crippen molar-refractivity contribution in [1.29, 1.82) is 0 Å². The van der Waals surface area contributed by atoms with Gasteiger partial charge in [0.25, 0.3) is 0 Å². The second-order valence-electron chi connectivity index (χ2n) is 32.3. The van der Waals surface area contributed by atoms with E-state index in [1.165, 1.54) is 130 Å². The quantitative estimate of drug-likeness (QED) is 0.175. The van der Waals surface area contributed by atoms with E-state index in [-0.39, 0.29) is 29.7 Å². The van der Waals surface area contributed by atoms with Crippen LogP contribution in [-0.4, -0.2) is 347 Å². The first-order valence-electron chi connectivity index (χ1n) is 53.6. The summed E-state index contributed by atoms with van der Waals surface area (Å²) in [6.45, 7) is 119. The second kappa shape index (κ2) is 98.6. The van der Waals surface area contributed by atoms with Crippen molar-refractivity contribution in [2.24, 2.45) is 0 Å². The van der Waals surface area contributed by atoms with Gasteiger partial charge in [-0.3, -0.25) is 63.2 Å². The Morgan fingerprint density at radius 2 is 0.539 bits per heavy atom. The summed E-state index contributed by atoms with van der Waals surface area (Å²) in [4.78, 5) is 66.5. The van der Waals surface area contributed by atoms with Crippen LogP contribution >= 0.6 is 0 Å². The molecule has 20 nitrogen and oxygen atoms in total. The number of amides is 3. The summed E-state index contributed by atoms with van der Waals surface area (Å²) in [6, 6.07) is 11.4. The highest BCUT2D eigenvalue weighted by molar-refractivity contribution is 5.79. The first kappa shape index (κ1) is 148. The Morgan fingerprint density at radius 1 is 0.250 bits per heavy atom. The molecule has 13 aliphatic heterocycles. The van der Waals surface area contributed by atoms with E-state index in [1.54, 1.807) is 0 Å². The molecule has 2 unspecified atom stereocenters. The number of piperazine rings is 1. The minimum atomic E-state index is 0. The predicted molar refractivity (Wildman–Crippen MR) is 578 cm³/mol. The van der Waals surface area contributed by atoms with Crippen LogP contribution in [0.15, 0.2) is 18.5 Å². The Morgan fingerprint density at radius 3 is 0.883 bits per heavy atom. The number of likely N-dealkylation sites (tertiary alicyclic amines) is 10. The van der Waals surface area contributed by atoms with Crippen LogP contribution in [0.2, 0.25) is 0 Å². The van der Waals surface area contributed by atoms with E-state index < -0.39 is 0 Å². The summed E-state index contributed by atoms with van der Waals surface area (Å²) < 4.78 is 12.8. The van der Waals surface area contributed by atoms with Crippen molar-refractivity contribution in [3.63, 3.8) is 0 Å². The monoisotopic (exact) mass is 1830 g/mol. The molecule has 14 rings (SSSR count). The zero-order chi connectivity index (χ0) is 96.8. The fourth-order valence-electron chi connectivity index (χ4n) is 16.7. The first-order valence-corrected chi connectivity index (χ1v) is 53.6. The zero-order valence-electron chi connectivity index (χ0n) is 91.8. The smallest absolute Gasteiger partial charge is 0.222 e. The molecule has 1 aromatic heterocycles. The Labute approximate surface area is 807 Å². The van der Waals surface area contributed by atoms with Gasteiger partial charge in [0.05, 0.1) is 25.3 Å². The summed E-state index contributed by atoms with van der Waals surface area (Å²) in [5.41, 5.74) is 0. The fraction of sp³-hybridized carbons (Fsp3) is 0.944. The number of hydrogen-bond donors (Lipinski definition) is 0. The molecule has 780 valence electrons. The van der Waals surface area contributed by atoms with Crippen molar-refractivity contribution in [1.82, 2.24) is 73.5 Å². The highest BCUT2D eigenvalue weighted by atomic mass is 16.5. The van der Waals surface area contributed by atoms with Crippen molar-refractivity contribution < 1.29 is 23.9 Å². The molecule has 0 aliphatic carbocycles. The fourth-order valence-corrected chi connectivity index (χ4v) is 16.7. The molecule has 0 bridgehead atoms. The number of piperidine rings is 2. The lowest BCUT2D eigenvalue weighted by Gasteiger charge is -2.46. The van der Waals surface area contributed by atoms with E-state index in [0.29, 0.717) is 78.1 Å². The lowest BCUT2D eigenvalue weighted by atomic mass is 10.0. The van der Waals surface area contributed by atoms with Crippen molar-refractivity contribution in [2.45, 2.75) is 501 Å². The van der Waals surface area contributed by atoms with Crippen molar-refractivity contribution in [3.8, 4) is 0 Å². The summed E-state index contributed by atoms with van der Waals surface area (Å²) in [7, 11) is 0. The largest absolute Gasteiger partial charge is 0.381 e. The van der Waals surface area contributed by atoms with Gasteiger partial charge in [0.15, 0.2) is 0 Å². The van der Waals surface area contributed by atoms with Crippen molar-refractivity contribution in [2.75, 3.05) is 177 Å². The molecule has 1 aromatic rings. The lowest BCUT2D eigenvalue weighted by Crippen LogP contribution is -2.61. The number of rotatable bonds is 14. The maximum atomic E-state index is 11.7. The van der Waals surface area contributed by atoms with Crippen LogP contribution in [0.1, 0.15) is 423 Å². The maximum absolute atomic E-state index is 11.7. The molecule has 0 spiro atoms. The molecule has 128 heavy (non-hydrogen) atoms. The second-order valence-corrected chi connectivity index (χ2v) is 32.3. The predicted octanol–water partition coefficient (Wildman–Crippen LogP) is 24.9. The molecule has 0 radical (unpaired) electrons. The topological polar surface area (TPSA) is 130 Å². The van der Waals surface area contributed by atoms with Crippen LogP contribution in [-0.2, 0) is 23.9 Å². The van der Waals surface area contributed by atoms with E-state index >= 15 is 0 Å². The van der Waals surface area contributed by atoms with Gasteiger partial charge in [0.2, 0.25) is 17.7 Å². The van der Waals surface area contributed by atoms with Gasteiger partial charge in [0.1, 0.15) is 0 Å². The molecule has 0 N–H and O–H groups in total. The van der Waals surface area contributed by atoms with Gasteiger partial charge >= 0.3 is 0 Å². The summed E-state index contributed by atoms with van der Waals surface area (Å²) in [6.07, 6.45) is 20.9. The Hall–Kier alpha value is -2.86. The average Bonchev–Trinajstić information content (AvgIpc) is 1.72. The van der Waals surface area contributed by atoms with Gasteiger partial charge in [-0.1, -0.05) is 224 Å². The molecule has 13 saturated heterocycles. The lowest BCUT2D eigenvalue weighted by molar-refractivity contribution is -0.133. The molecule has 0 saturated carbocycles. The van der Waals surface area contributed by atoms with E-state index in [9.17, 15) is 14.4 Å². The molecule has 13 aliphatic rings. The van der Waals surface area contributed by atoms with Crippen molar-refractivity contribution >= 4 is 17.7 Å². The molecule has 20 heteroatoms. The number of hydrogen-bond acceptors (Lipinski definition) is 16. The van der Waals surface area contributed by atoms with E-state index in [4.69, 9.17) is 9.47 Å². The molecule has 3 amide bonds. The average molecular weight is 1830 g/mol. The minimum absolute atomic E-state index is 0. The number of aromatic nitrogens is 2. The van der Waals surface area contributed by atoms with Crippen LogP contribution in [0.25, 0.3) is 0 Å². The normalized spacial score (nSPS) is 20.9. The minimum Gasteiger partial charge on any atom is -0.381 e. The van der Waals surface area contributed by atoms with Crippen LogP contribution in [0.5, 0.6) is 0 Å². The SMILES string of the molecule is C.C.C.C.CC.CC.CC.CC.CC.CC.CC.CC.CC.CC.CC.CC.CC.CC.CC(C)N1CC(N2CCCC2)C1.CC(C)N1CC(N2CCCC2=O)C1.CC(C)N1CC(n2cccn2)C1.CC(C)N1CCC(N2CCCC2=O)CC1.CC(C)N1CCC(N2CCOCC2)C1.CC(C)N1CCCC(N2CCCC2=O)C1.CC(C)N1CCN(C2CCOCC2)CC1. The summed E-state index contributed by atoms with van der Waals surface area (Å²) in [5, 5.41) is 4.22. The van der Waals surface area contributed by atoms with Gasteiger partial charge in [-0.05, 0) is 200 Å². The van der Waals surface area contributed by atoms with Crippen LogP contribution in [0.4, 0.5) is 0 Å². The van der Waals surface area contributed by atoms with Crippen LogP contribution in [0.3, 0.4) is 0 Å². The van der Waals surface area contributed by atoms with Crippen molar-refractivity contribution in [3.05, 3.63) is 18.5 Å². The van der Waals surface area contributed by atoms with Crippen LogP contribution < -0.4 is 0 Å². The third kappa shape index (κ3) is 59.2. The molecule has 2 atom stereocenters. The molecule has 0 aromatic carbocycles. The Balaban J connectivity index is -0.000000132. The first-order chi connectivity index (χ1) is 60.1. The van der Waals surface area contributed by atoms with E-state index in [2.05, 4.69) is 170 Å². The third-order valence-corrected chi connectivity index (χ3v) is 23.7. The Bertz CT molecular complexity index is 2320. The Kier molecular flexibility index (Phi) is 114. The van der Waals surface area contributed by atoms with Gasteiger partial charge in [-0.15, -0.1) is 0 Å². The highest BCUT2D eigenvalue weighted by Gasteiger charge is 2.39. The van der Waals surface area contributed by atoms with Gasteiger partial charge in [0, 0.05) is 248 Å². The molecular formula is C108H243N15O5. The molecule has 14 heterocycles. The van der Waals surface area contributed by atoms with Crippen LogP contribution in [0, 0.1) is 0 Å². The van der Waals surface area contributed by atoms with E-state index in [1.807, 2.05) is 212 Å². The number of carbonyl (C=O) groups excluding carboxylic acids is 3. The molecule has 13 fully saturated rings. The highest BCUT2D eigenvalue weighted by Crippen LogP contribution is 2.28. The maximum Gasteiger partial charge on any atom is 0.222 e. The third-order valence-electron chi connectivity index (χ3n) is 23.7. The van der Waals surface area contributed by atoms with Gasteiger partial charge in [-0.2, -0.15) is 5.10 Å². The number of morpholine rings is 1. The number of ether oxygens (including phenoxy) is 2. The number of carbonyl (C=O) groups is 3. The zero-order valence-corrected chi connectivity index (χ0v) is 91.8. The van der Waals surface area contributed by atoms with E-state index in [0.717, 1.165) is 168 Å². The van der Waals surface area contributed by atoms with Gasteiger partial charge in [-0.25, -0.2) is 0 Å². The number of nitrogens with zero attached hydrogens (tertiary/aromatic N) is 15. The standard InChI is InChI=1S/C12H24N2O.2C12H22N2O.C11H22N2O.C10H18N2O.C10H20N2.C9H15N3.14C2H6.4CH4/c1-11(2)13-5-7-14(8-6-13)12-3-9-15-10-4-12;1-10(2)13-7-3-5-11(9-13)14-8-4-6-12(14)15;1-10(2)13-8-5-11(6-9-13)14-7-3-4-12(14)15;1-10(2)13-4-3-11(9-13)12-5-7-14-8-6-12;1-8(2)11-6-9(7-11)12-5-3-4-10(12)13;1-9(2)12-7-10(8-12)11-5-3-4-6-11;1-8(2)11-6-9(7-11)12-5-3-4-10-12;14*1-2;;;;/h11-12H,3-10H2,1-2H3;2*10-11H,3-9H2,1-2H3;10-11H,3-9H2,1-2H3;8-9H,3-7H2,1-2H3;9-10H,3-8H2,1-2H3;3-5,8-9H,6-7H2,1-2H3;14*1-2H3;4*1H4. The van der Waals surface area contributed by atoms with Gasteiger partial charge < -0.3 is 29.1 Å².